The Labute approximate surface area is 119 Å². The Hall–Kier alpha value is -2.24. The smallest absolute Gasteiger partial charge is 0.217 e. The van der Waals surface area contributed by atoms with E-state index in [0.29, 0.717) is 25.7 Å². The number of nitrogens with two attached hydrogens (primary N) is 3. The van der Waals surface area contributed by atoms with Gasteiger partial charge in [-0.2, -0.15) is 0 Å². The predicted octanol–water partition coefficient (Wildman–Crippen LogP) is 0.852. The van der Waals surface area contributed by atoms with E-state index in [-0.39, 0.29) is 11.8 Å². The van der Waals surface area contributed by atoms with Crippen LogP contribution in [0.3, 0.4) is 0 Å². The van der Waals surface area contributed by atoms with Gasteiger partial charge in [0.2, 0.25) is 11.8 Å². The summed E-state index contributed by atoms with van der Waals surface area (Å²) in [7, 11) is 4.01. The molecule has 6 N–H and O–H groups in total. The van der Waals surface area contributed by atoms with Gasteiger partial charge in [-0.25, -0.2) is 0 Å². The van der Waals surface area contributed by atoms with Crippen molar-refractivity contribution in [2.45, 2.75) is 25.7 Å². The van der Waals surface area contributed by atoms with Gasteiger partial charge in [0, 0.05) is 38.3 Å². The van der Waals surface area contributed by atoms with Crippen molar-refractivity contribution in [3.8, 4) is 0 Å². The Bertz CT molecular complexity index is 400. The largest absolute Gasteiger partial charge is 0.399 e. The van der Waals surface area contributed by atoms with Crippen LogP contribution in [0.4, 0.5) is 11.4 Å². The van der Waals surface area contributed by atoms with Gasteiger partial charge in [-0.15, -0.1) is 0 Å². The van der Waals surface area contributed by atoms with Crippen LogP contribution in [0.1, 0.15) is 25.7 Å². The molecular formula is C14H24N4O2. The number of carbonyl (C=O) groups excluding carboxylic acids is 2. The van der Waals surface area contributed by atoms with Crippen LogP contribution in [0.25, 0.3) is 0 Å². The van der Waals surface area contributed by atoms with Crippen LogP contribution in [0.15, 0.2) is 24.3 Å². The minimum absolute atomic E-state index is 0.329. The Morgan fingerprint density at radius 3 is 1.65 bits per heavy atom. The number of primary amides is 2. The Morgan fingerprint density at radius 1 is 0.950 bits per heavy atom. The van der Waals surface area contributed by atoms with Crippen LogP contribution >= 0.6 is 0 Å². The molecule has 0 aliphatic heterocycles. The van der Waals surface area contributed by atoms with Crippen molar-refractivity contribution < 1.29 is 9.59 Å². The Morgan fingerprint density at radius 2 is 1.35 bits per heavy atom. The van der Waals surface area contributed by atoms with Crippen LogP contribution in [0.2, 0.25) is 0 Å². The van der Waals surface area contributed by atoms with E-state index in [0.717, 1.165) is 5.69 Å². The van der Waals surface area contributed by atoms with Gasteiger partial charge in [0.15, 0.2) is 0 Å². The fourth-order valence-corrected chi connectivity index (χ4v) is 1.37. The minimum Gasteiger partial charge on any atom is -0.399 e. The SMILES string of the molecule is CN(C)c1ccc(N)cc1.NC(=O)CCCCC(N)=O. The summed E-state index contributed by atoms with van der Waals surface area (Å²) in [4.78, 5) is 22.3. The van der Waals surface area contributed by atoms with E-state index in [1.807, 2.05) is 43.3 Å². The van der Waals surface area contributed by atoms with Crippen LogP contribution in [-0.2, 0) is 9.59 Å². The lowest BCUT2D eigenvalue weighted by molar-refractivity contribution is -0.119. The average molecular weight is 280 g/mol. The molecule has 1 rings (SSSR count). The summed E-state index contributed by atoms with van der Waals surface area (Å²) < 4.78 is 0. The molecular weight excluding hydrogens is 256 g/mol. The molecule has 0 fully saturated rings. The summed E-state index contributed by atoms with van der Waals surface area (Å²) in [5, 5.41) is 0. The van der Waals surface area contributed by atoms with Gasteiger partial charge < -0.3 is 22.1 Å². The van der Waals surface area contributed by atoms with E-state index in [1.165, 1.54) is 5.69 Å². The molecule has 0 aromatic heterocycles. The van der Waals surface area contributed by atoms with E-state index in [2.05, 4.69) is 0 Å². The van der Waals surface area contributed by atoms with Crippen LogP contribution in [0.5, 0.6) is 0 Å². The van der Waals surface area contributed by atoms with Crippen molar-refractivity contribution in [1.82, 2.24) is 0 Å². The maximum atomic E-state index is 10.2. The van der Waals surface area contributed by atoms with Crippen LogP contribution in [-0.4, -0.2) is 25.9 Å². The molecule has 2 amide bonds. The first-order valence-electron chi connectivity index (χ1n) is 6.42. The first kappa shape index (κ1) is 17.8. The van der Waals surface area contributed by atoms with Crippen molar-refractivity contribution in [1.29, 1.82) is 0 Å². The Kier molecular flexibility index (Phi) is 8.58. The standard InChI is InChI=1S/C8H12N2.C6H12N2O2/c1-10(2)8-5-3-7(9)4-6-8;7-5(9)3-1-2-4-6(8)10/h3-6H,9H2,1-2H3;1-4H2,(H2,7,9)(H2,8,10). The zero-order valence-electron chi connectivity index (χ0n) is 12.1. The predicted molar refractivity (Wildman–Crippen MR) is 82.0 cm³/mol. The molecule has 0 bridgehead atoms. The second-order valence-electron chi connectivity index (χ2n) is 4.63. The number of rotatable bonds is 6. The molecule has 0 saturated carbocycles. The highest BCUT2D eigenvalue weighted by Crippen LogP contribution is 2.12. The van der Waals surface area contributed by atoms with Crippen molar-refractivity contribution in [2.24, 2.45) is 11.5 Å². The number of anilines is 2. The van der Waals surface area contributed by atoms with Gasteiger partial charge in [0.1, 0.15) is 0 Å². The molecule has 0 spiro atoms. The summed E-state index contributed by atoms with van der Waals surface area (Å²) in [6.45, 7) is 0. The van der Waals surface area contributed by atoms with E-state index in [9.17, 15) is 9.59 Å². The second-order valence-corrected chi connectivity index (χ2v) is 4.63. The first-order chi connectivity index (χ1) is 9.32. The molecule has 1 aromatic rings. The maximum Gasteiger partial charge on any atom is 0.217 e. The fourth-order valence-electron chi connectivity index (χ4n) is 1.37. The second kappa shape index (κ2) is 9.66. The number of amides is 2. The third kappa shape index (κ3) is 9.76. The molecule has 6 heteroatoms. The van der Waals surface area contributed by atoms with Crippen LogP contribution in [0, 0.1) is 0 Å². The number of hydrogen-bond acceptors (Lipinski definition) is 4. The third-order valence-electron chi connectivity index (χ3n) is 2.51. The summed E-state index contributed by atoms with van der Waals surface area (Å²) in [5.41, 5.74) is 17.2. The molecule has 112 valence electrons. The number of nitrogen functional groups attached to an aromatic ring is 1. The van der Waals surface area contributed by atoms with Crippen molar-refractivity contribution in [3.63, 3.8) is 0 Å². The summed E-state index contributed by atoms with van der Waals surface area (Å²) in [6, 6.07) is 7.79. The molecule has 0 radical (unpaired) electrons. The molecule has 0 unspecified atom stereocenters. The molecule has 0 heterocycles. The summed E-state index contributed by atoms with van der Waals surface area (Å²) in [5.74, 6) is -0.658. The lowest BCUT2D eigenvalue weighted by Crippen LogP contribution is -2.12. The highest BCUT2D eigenvalue weighted by Gasteiger charge is 1.96. The normalized spacial score (nSPS) is 9.30. The summed E-state index contributed by atoms with van der Waals surface area (Å²) in [6.07, 6.45) is 1.98. The van der Waals surface area contributed by atoms with Gasteiger partial charge >= 0.3 is 0 Å². The molecule has 20 heavy (non-hydrogen) atoms. The Balaban J connectivity index is 0.000000361. The number of carbonyl (C=O) groups is 2. The number of unbranched alkanes of at least 4 members (excludes halogenated alkanes) is 1. The first-order valence-corrected chi connectivity index (χ1v) is 6.42. The fraction of sp³-hybridized carbons (Fsp3) is 0.429. The number of hydrogen-bond donors (Lipinski definition) is 3. The lowest BCUT2D eigenvalue weighted by Gasteiger charge is -2.11. The van der Waals surface area contributed by atoms with E-state index < -0.39 is 0 Å². The molecule has 6 nitrogen and oxygen atoms in total. The topological polar surface area (TPSA) is 115 Å². The quantitative estimate of drug-likeness (QED) is 0.529. The van der Waals surface area contributed by atoms with E-state index in [1.54, 1.807) is 0 Å². The van der Waals surface area contributed by atoms with Gasteiger partial charge in [0.25, 0.3) is 0 Å². The van der Waals surface area contributed by atoms with Gasteiger partial charge in [-0.1, -0.05) is 0 Å². The zero-order chi connectivity index (χ0) is 15.5. The van der Waals surface area contributed by atoms with Crippen LogP contribution < -0.4 is 22.1 Å². The molecule has 0 aliphatic carbocycles. The van der Waals surface area contributed by atoms with Gasteiger partial charge in [0.05, 0.1) is 0 Å². The lowest BCUT2D eigenvalue weighted by atomic mass is 10.2. The third-order valence-corrected chi connectivity index (χ3v) is 2.51. The van der Waals surface area contributed by atoms with Crippen molar-refractivity contribution in [2.75, 3.05) is 24.7 Å². The molecule has 0 atom stereocenters. The zero-order valence-corrected chi connectivity index (χ0v) is 12.1. The van der Waals surface area contributed by atoms with Crippen molar-refractivity contribution in [3.05, 3.63) is 24.3 Å². The molecule has 1 aromatic carbocycles. The summed E-state index contributed by atoms with van der Waals surface area (Å²) >= 11 is 0. The highest BCUT2D eigenvalue weighted by atomic mass is 16.1. The van der Waals surface area contributed by atoms with E-state index >= 15 is 0 Å². The number of benzene rings is 1. The highest BCUT2D eigenvalue weighted by molar-refractivity contribution is 5.74. The maximum absolute atomic E-state index is 10.2. The average Bonchev–Trinajstić information content (AvgIpc) is 2.35. The molecule has 0 aliphatic rings. The monoisotopic (exact) mass is 280 g/mol. The number of nitrogens with zero attached hydrogens (tertiary/aromatic N) is 1. The van der Waals surface area contributed by atoms with E-state index in [4.69, 9.17) is 17.2 Å². The minimum atomic E-state index is -0.329. The van der Waals surface area contributed by atoms with Crippen molar-refractivity contribution >= 4 is 23.2 Å². The van der Waals surface area contributed by atoms with Gasteiger partial charge in [-0.05, 0) is 37.1 Å². The molecule has 0 saturated heterocycles. The van der Waals surface area contributed by atoms with Gasteiger partial charge in [-0.3, -0.25) is 9.59 Å².